The molecule has 263 valence electrons. The van der Waals surface area contributed by atoms with Gasteiger partial charge in [0, 0.05) is 37.9 Å². The number of benzene rings is 4. The SMILES string of the molecule is CC(C)c1cc(-c2[c-]cccc2)ncc1[Si](C)(C)C.Cc1ccc(-c2ccc3c(c2)oc2c(-c4cc(CC(C)(C)C)ccn4)[c-]ccc23)cc1.[Ir]. The number of rotatable bonds is 6. The number of pyridine rings is 2. The molecule has 4 aromatic carbocycles. The van der Waals surface area contributed by atoms with Crippen LogP contribution in [0.15, 0.2) is 114 Å². The van der Waals surface area contributed by atoms with Crippen molar-refractivity contribution in [2.24, 2.45) is 5.41 Å². The largest absolute Gasteiger partial charge is 0.501 e. The number of nitrogens with zero attached hydrogens (tertiary/aromatic N) is 2. The number of hydrogen-bond donors (Lipinski definition) is 0. The van der Waals surface area contributed by atoms with Crippen LogP contribution in [0.5, 0.6) is 0 Å². The topological polar surface area (TPSA) is 38.9 Å². The van der Waals surface area contributed by atoms with Gasteiger partial charge >= 0.3 is 0 Å². The summed E-state index contributed by atoms with van der Waals surface area (Å²) in [6.07, 6.45) is 4.98. The number of fused-ring (bicyclic) bond motifs is 3. The fraction of sp³-hybridized carbons (Fsp3) is 0.261. The first-order valence-electron chi connectivity index (χ1n) is 17.6. The van der Waals surface area contributed by atoms with E-state index in [1.807, 2.05) is 30.5 Å². The molecule has 0 spiro atoms. The molecule has 0 bridgehead atoms. The van der Waals surface area contributed by atoms with Gasteiger partial charge in [-0.25, -0.2) is 0 Å². The zero-order chi connectivity index (χ0) is 35.6. The number of aryl methyl sites for hydroxylation is 1. The van der Waals surface area contributed by atoms with E-state index in [1.54, 1.807) is 0 Å². The van der Waals surface area contributed by atoms with Crippen molar-refractivity contribution in [3.05, 3.63) is 138 Å². The van der Waals surface area contributed by atoms with Gasteiger partial charge in [-0.3, -0.25) is 0 Å². The van der Waals surface area contributed by atoms with Crippen molar-refractivity contribution in [2.45, 2.75) is 73.5 Å². The Hall–Kier alpha value is -4.15. The first-order chi connectivity index (χ1) is 23.8. The molecular weight excluding hydrogens is 817 g/mol. The molecule has 0 saturated carbocycles. The fourth-order valence-corrected chi connectivity index (χ4v) is 8.14. The Balaban J connectivity index is 0.000000218. The second-order valence-corrected chi connectivity index (χ2v) is 20.9. The standard InChI is InChI=1S/C29H26NO.C17H22NSi.Ir/c1-19-8-10-21(11-9-19)22-12-13-23-24-6-5-7-25(28(24)31-27(23)17-22)26-16-20(14-15-30-26)18-29(2,3)4;1-13(2)15-11-16(14-9-7-6-8-10-14)18-12-17(15)19(3,4)5;/h5-6,8-17H,18H2,1-4H3;6-9,11-13H,1-5H3;/q2*-1;. The molecule has 51 heavy (non-hydrogen) atoms. The molecule has 0 aliphatic rings. The van der Waals surface area contributed by atoms with Crippen molar-refractivity contribution in [3.8, 4) is 33.6 Å². The Morgan fingerprint density at radius 2 is 1.51 bits per heavy atom. The van der Waals surface area contributed by atoms with Crippen LogP contribution >= 0.6 is 0 Å². The van der Waals surface area contributed by atoms with Gasteiger partial charge < -0.3 is 14.4 Å². The second-order valence-electron chi connectivity index (χ2n) is 15.9. The summed E-state index contributed by atoms with van der Waals surface area (Å²) in [5, 5.41) is 3.69. The Morgan fingerprint density at radius 1 is 0.765 bits per heavy atom. The van der Waals surface area contributed by atoms with Gasteiger partial charge in [0.2, 0.25) is 0 Å². The minimum absolute atomic E-state index is 0. The summed E-state index contributed by atoms with van der Waals surface area (Å²) in [7, 11) is -1.34. The third-order valence-corrected chi connectivity index (χ3v) is 11.0. The molecule has 3 heterocycles. The van der Waals surface area contributed by atoms with E-state index in [4.69, 9.17) is 4.42 Å². The fourth-order valence-electron chi connectivity index (χ4n) is 6.47. The van der Waals surface area contributed by atoms with Crippen molar-refractivity contribution in [1.82, 2.24) is 9.97 Å². The number of aromatic nitrogens is 2. The zero-order valence-electron chi connectivity index (χ0n) is 31.3. The van der Waals surface area contributed by atoms with Crippen LogP contribution < -0.4 is 5.19 Å². The molecule has 0 aliphatic carbocycles. The van der Waals surface area contributed by atoms with E-state index >= 15 is 0 Å². The molecular formula is C46H48IrN2OSi-2. The zero-order valence-corrected chi connectivity index (χ0v) is 34.7. The van der Waals surface area contributed by atoms with Gasteiger partial charge in [-0.05, 0) is 64.5 Å². The molecule has 0 saturated heterocycles. The minimum Gasteiger partial charge on any atom is -0.501 e. The Kier molecular flexibility index (Phi) is 11.7. The summed E-state index contributed by atoms with van der Waals surface area (Å²) in [4.78, 5) is 9.30. The van der Waals surface area contributed by atoms with E-state index < -0.39 is 8.07 Å². The van der Waals surface area contributed by atoms with Crippen molar-refractivity contribution >= 4 is 35.2 Å². The Morgan fingerprint density at radius 3 is 2.18 bits per heavy atom. The molecule has 0 atom stereocenters. The van der Waals surface area contributed by atoms with Crippen LogP contribution in [-0.2, 0) is 26.5 Å². The maximum atomic E-state index is 6.39. The summed E-state index contributed by atoms with van der Waals surface area (Å²) < 4.78 is 6.39. The van der Waals surface area contributed by atoms with E-state index in [0.29, 0.717) is 5.92 Å². The summed E-state index contributed by atoms with van der Waals surface area (Å²) in [5.41, 5.74) is 12.2. The van der Waals surface area contributed by atoms with E-state index in [-0.39, 0.29) is 25.5 Å². The molecule has 0 unspecified atom stereocenters. The third-order valence-electron chi connectivity index (χ3n) is 8.98. The van der Waals surface area contributed by atoms with Gasteiger partial charge in [0.05, 0.1) is 13.7 Å². The normalized spacial score (nSPS) is 11.7. The van der Waals surface area contributed by atoms with Crippen LogP contribution in [0.3, 0.4) is 0 Å². The van der Waals surface area contributed by atoms with Gasteiger partial charge in [-0.1, -0.05) is 130 Å². The molecule has 0 N–H and O–H groups in total. The summed E-state index contributed by atoms with van der Waals surface area (Å²) in [5.74, 6) is 0.534. The van der Waals surface area contributed by atoms with Crippen LogP contribution in [0.2, 0.25) is 19.6 Å². The minimum atomic E-state index is -1.34. The smallest absolute Gasteiger partial charge is 0.121 e. The van der Waals surface area contributed by atoms with Crippen LogP contribution in [-0.4, -0.2) is 18.0 Å². The first kappa shape index (κ1) is 38.1. The van der Waals surface area contributed by atoms with E-state index in [1.165, 1.54) is 27.4 Å². The predicted octanol–water partition coefficient (Wildman–Crippen LogP) is 12.2. The Bertz CT molecular complexity index is 2240. The van der Waals surface area contributed by atoms with Crippen molar-refractivity contribution < 1.29 is 24.5 Å². The van der Waals surface area contributed by atoms with E-state index in [0.717, 1.165) is 56.4 Å². The monoisotopic (exact) mass is 865 g/mol. The van der Waals surface area contributed by atoms with E-state index in [9.17, 15) is 0 Å². The van der Waals surface area contributed by atoms with Gasteiger partial charge in [0.1, 0.15) is 5.58 Å². The molecule has 7 rings (SSSR count). The van der Waals surface area contributed by atoms with Gasteiger partial charge in [0.15, 0.2) is 0 Å². The van der Waals surface area contributed by atoms with Crippen molar-refractivity contribution in [2.75, 3.05) is 0 Å². The van der Waals surface area contributed by atoms with Gasteiger partial charge in [-0.2, -0.15) is 0 Å². The van der Waals surface area contributed by atoms with E-state index in [2.05, 4.69) is 162 Å². The predicted molar refractivity (Wildman–Crippen MR) is 215 cm³/mol. The van der Waals surface area contributed by atoms with Crippen LogP contribution in [0.4, 0.5) is 0 Å². The molecule has 5 heteroatoms. The average Bonchev–Trinajstić information content (AvgIpc) is 3.46. The first-order valence-corrected chi connectivity index (χ1v) is 21.1. The van der Waals surface area contributed by atoms with Crippen molar-refractivity contribution in [1.29, 1.82) is 0 Å². The van der Waals surface area contributed by atoms with Crippen LogP contribution in [0.1, 0.15) is 57.2 Å². The molecule has 3 aromatic heterocycles. The summed E-state index contributed by atoms with van der Waals surface area (Å²) in [6, 6.07) is 40.3. The second kappa shape index (κ2) is 15.6. The summed E-state index contributed by atoms with van der Waals surface area (Å²) in [6.45, 7) is 20.5. The molecule has 3 nitrogen and oxygen atoms in total. The molecule has 0 aliphatic heterocycles. The third kappa shape index (κ3) is 9.02. The molecule has 0 amide bonds. The summed E-state index contributed by atoms with van der Waals surface area (Å²) >= 11 is 0. The van der Waals surface area contributed by atoms with Gasteiger partial charge in [0.25, 0.3) is 0 Å². The van der Waals surface area contributed by atoms with Crippen LogP contribution in [0, 0.1) is 24.5 Å². The van der Waals surface area contributed by atoms with Crippen molar-refractivity contribution in [3.63, 3.8) is 0 Å². The van der Waals surface area contributed by atoms with Crippen LogP contribution in [0.25, 0.3) is 55.6 Å². The number of hydrogen-bond acceptors (Lipinski definition) is 3. The van der Waals surface area contributed by atoms with Gasteiger partial charge in [-0.15, -0.1) is 54.1 Å². The maximum absolute atomic E-state index is 6.39. The average molecular weight is 865 g/mol. The quantitative estimate of drug-likeness (QED) is 0.123. The molecule has 7 aromatic rings. The number of furan rings is 1. The molecule has 0 fully saturated rings. The Labute approximate surface area is 319 Å². The maximum Gasteiger partial charge on any atom is 0.121 e. The molecule has 1 radical (unpaired) electrons.